The predicted molar refractivity (Wildman–Crippen MR) is 87.7 cm³/mol. The van der Waals surface area contributed by atoms with Crippen molar-refractivity contribution in [2.24, 2.45) is 0 Å². The van der Waals surface area contributed by atoms with Crippen molar-refractivity contribution >= 4 is 22.9 Å². The van der Waals surface area contributed by atoms with Crippen molar-refractivity contribution in [2.45, 2.75) is 6.42 Å². The molecule has 122 valence electrons. The number of hydrogen-bond acceptors (Lipinski definition) is 5. The molecule has 2 aromatic heterocycles. The summed E-state index contributed by atoms with van der Waals surface area (Å²) >= 11 is 0. The van der Waals surface area contributed by atoms with Gasteiger partial charge >= 0.3 is 5.97 Å². The molecule has 0 unspecified atom stereocenters. The summed E-state index contributed by atoms with van der Waals surface area (Å²) in [6.45, 7) is 0.430. The molecule has 1 amide bonds. The SMILES string of the molecule is COC(=O)c1ccc(C(=O)NCCc2nc3ccccc3[nH]2)nc1. The van der Waals surface area contributed by atoms with E-state index >= 15 is 0 Å². The maximum Gasteiger partial charge on any atom is 0.339 e. The standard InChI is InChI=1S/C17H16N4O3/c1-24-17(23)11-6-7-14(19-10-11)16(22)18-9-8-15-20-12-4-2-3-5-13(12)21-15/h2-7,10H,8-9H2,1H3,(H,18,22)(H,20,21). The van der Waals surface area contributed by atoms with Gasteiger partial charge in [0.05, 0.1) is 23.7 Å². The number of aromatic nitrogens is 3. The monoisotopic (exact) mass is 324 g/mol. The predicted octanol–water partition coefficient (Wildman–Crippen LogP) is 1.72. The molecule has 0 aliphatic rings. The summed E-state index contributed by atoms with van der Waals surface area (Å²) in [7, 11) is 1.29. The number of esters is 1. The number of pyridine rings is 1. The Morgan fingerprint density at radius 1 is 1.21 bits per heavy atom. The van der Waals surface area contributed by atoms with Crippen molar-refractivity contribution in [3.63, 3.8) is 0 Å². The van der Waals surface area contributed by atoms with Crippen LogP contribution in [0.3, 0.4) is 0 Å². The highest BCUT2D eigenvalue weighted by atomic mass is 16.5. The Morgan fingerprint density at radius 2 is 2.04 bits per heavy atom. The van der Waals surface area contributed by atoms with E-state index in [0.717, 1.165) is 16.9 Å². The zero-order valence-electron chi connectivity index (χ0n) is 13.1. The van der Waals surface area contributed by atoms with Crippen LogP contribution in [-0.4, -0.2) is 40.5 Å². The van der Waals surface area contributed by atoms with Crippen LogP contribution in [0.4, 0.5) is 0 Å². The van der Waals surface area contributed by atoms with Crippen LogP contribution in [-0.2, 0) is 11.2 Å². The van der Waals surface area contributed by atoms with Crippen LogP contribution >= 0.6 is 0 Å². The third-order valence-corrected chi connectivity index (χ3v) is 3.50. The molecular weight excluding hydrogens is 308 g/mol. The first kappa shape index (κ1) is 15.7. The number of nitrogens with one attached hydrogen (secondary N) is 2. The van der Waals surface area contributed by atoms with Crippen LogP contribution in [0.1, 0.15) is 26.7 Å². The fraction of sp³-hybridized carbons (Fsp3) is 0.176. The second-order valence-electron chi connectivity index (χ2n) is 5.13. The molecule has 0 fully saturated rings. The first-order chi connectivity index (χ1) is 11.7. The van der Waals surface area contributed by atoms with E-state index in [2.05, 4.69) is 25.0 Å². The average Bonchev–Trinajstić information content (AvgIpc) is 3.03. The molecule has 7 nitrogen and oxygen atoms in total. The van der Waals surface area contributed by atoms with Gasteiger partial charge in [-0.3, -0.25) is 9.78 Å². The molecule has 0 saturated heterocycles. The Bertz CT molecular complexity index is 838. The Hall–Kier alpha value is -3.22. The summed E-state index contributed by atoms with van der Waals surface area (Å²) in [5.74, 6) is 0.0207. The molecule has 0 aliphatic carbocycles. The van der Waals surface area contributed by atoms with Gasteiger partial charge < -0.3 is 15.0 Å². The number of hydrogen-bond donors (Lipinski definition) is 2. The Labute approximate surface area is 138 Å². The minimum absolute atomic E-state index is 0.243. The number of amides is 1. The zero-order valence-corrected chi connectivity index (χ0v) is 13.1. The van der Waals surface area contributed by atoms with E-state index < -0.39 is 5.97 Å². The quantitative estimate of drug-likeness (QED) is 0.697. The smallest absolute Gasteiger partial charge is 0.339 e. The Morgan fingerprint density at radius 3 is 2.75 bits per heavy atom. The van der Waals surface area contributed by atoms with Crippen LogP contribution in [0.2, 0.25) is 0 Å². The molecule has 3 rings (SSSR count). The molecular formula is C17H16N4O3. The lowest BCUT2D eigenvalue weighted by Crippen LogP contribution is -2.26. The van der Waals surface area contributed by atoms with E-state index in [1.54, 1.807) is 0 Å². The van der Waals surface area contributed by atoms with Crippen molar-refractivity contribution in [1.82, 2.24) is 20.3 Å². The van der Waals surface area contributed by atoms with Gasteiger partial charge in [0.15, 0.2) is 0 Å². The second-order valence-corrected chi connectivity index (χ2v) is 5.13. The Balaban J connectivity index is 1.56. The number of methoxy groups -OCH3 is 1. The van der Waals surface area contributed by atoms with Crippen molar-refractivity contribution in [3.8, 4) is 0 Å². The lowest BCUT2D eigenvalue weighted by atomic mass is 10.2. The summed E-state index contributed by atoms with van der Waals surface area (Å²) in [6, 6.07) is 10.8. The first-order valence-corrected chi connectivity index (χ1v) is 7.43. The highest BCUT2D eigenvalue weighted by molar-refractivity contribution is 5.94. The largest absolute Gasteiger partial charge is 0.465 e. The zero-order chi connectivity index (χ0) is 16.9. The number of nitrogens with zero attached hydrogens (tertiary/aromatic N) is 2. The van der Waals surface area contributed by atoms with Crippen LogP contribution in [0.15, 0.2) is 42.6 Å². The van der Waals surface area contributed by atoms with E-state index in [9.17, 15) is 9.59 Å². The van der Waals surface area contributed by atoms with E-state index in [1.165, 1.54) is 25.4 Å². The third-order valence-electron chi connectivity index (χ3n) is 3.50. The fourth-order valence-corrected chi connectivity index (χ4v) is 2.28. The normalized spacial score (nSPS) is 10.5. The van der Waals surface area contributed by atoms with Crippen molar-refractivity contribution in [3.05, 3.63) is 59.7 Å². The molecule has 0 saturated carbocycles. The number of H-pyrrole nitrogens is 1. The molecule has 2 heterocycles. The van der Waals surface area contributed by atoms with E-state index in [0.29, 0.717) is 18.5 Å². The topological polar surface area (TPSA) is 97.0 Å². The summed E-state index contributed by atoms with van der Waals surface area (Å²) in [5.41, 5.74) is 2.42. The summed E-state index contributed by atoms with van der Waals surface area (Å²) in [4.78, 5) is 35.0. The van der Waals surface area contributed by atoms with Crippen molar-refractivity contribution in [1.29, 1.82) is 0 Å². The lowest BCUT2D eigenvalue weighted by molar-refractivity contribution is 0.0599. The molecule has 0 atom stereocenters. The number of imidazole rings is 1. The first-order valence-electron chi connectivity index (χ1n) is 7.43. The highest BCUT2D eigenvalue weighted by Gasteiger charge is 2.10. The molecule has 2 N–H and O–H groups in total. The minimum atomic E-state index is -0.487. The van der Waals surface area contributed by atoms with Gasteiger partial charge in [0, 0.05) is 19.2 Å². The van der Waals surface area contributed by atoms with Crippen LogP contribution in [0.25, 0.3) is 11.0 Å². The maximum atomic E-state index is 12.0. The van der Waals surface area contributed by atoms with Crippen LogP contribution < -0.4 is 5.32 Å². The van der Waals surface area contributed by atoms with Crippen molar-refractivity contribution < 1.29 is 14.3 Å². The molecule has 0 spiro atoms. The number of benzene rings is 1. The van der Waals surface area contributed by atoms with Crippen LogP contribution in [0, 0.1) is 0 Å². The van der Waals surface area contributed by atoms with Gasteiger partial charge in [0.1, 0.15) is 11.5 Å². The molecule has 7 heteroatoms. The van der Waals surface area contributed by atoms with Crippen molar-refractivity contribution in [2.75, 3.05) is 13.7 Å². The average molecular weight is 324 g/mol. The summed E-state index contributed by atoms with van der Waals surface area (Å²) in [6.07, 6.45) is 1.90. The number of carbonyl (C=O) groups excluding carboxylic acids is 2. The number of ether oxygens (including phenoxy) is 1. The number of rotatable bonds is 5. The highest BCUT2D eigenvalue weighted by Crippen LogP contribution is 2.10. The van der Waals surface area contributed by atoms with E-state index in [-0.39, 0.29) is 11.6 Å². The minimum Gasteiger partial charge on any atom is -0.465 e. The van der Waals surface area contributed by atoms with E-state index in [1.807, 2.05) is 24.3 Å². The van der Waals surface area contributed by atoms with E-state index in [4.69, 9.17) is 0 Å². The fourth-order valence-electron chi connectivity index (χ4n) is 2.28. The molecule has 24 heavy (non-hydrogen) atoms. The van der Waals surface area contributed by atoms with Gasteiger partial charge in [0.25, 0.3) is 5.91 Å². The number of carbonyl (C=O) groups is 2. The second kappa shape index (κ2) is 6.91. The van der Waals surface area contributed by atoms with Crippen LogP contribution in [0.5, 0.6) is 0 Å². The molecule has 0 aliphatic heterocycles. The van der Waals surface area contributed by atoms with Gasteiger partial charge in [-0.1, -0.05) is 12.1 Å². The molecule has 1 aromatic carbocycles. The summed E-state index contributed by atoms with van der Waals surface area (Å²) < 4.78 is 4.59. The molecule has 3 aromatic rings. The molecule has 0 bridgehead atoms. The number of para-hydroxylation sites is 2. The summed E-state index contributed by atoms with van der Waals surface area (Å²) in [5, 5.41) is 2.78. The molecule has 0 radical (unpaired) electrons. The number of fused-ring (bicyclic) bond motifs is 1. The Kier molecular flexibility index (Phi) is 4.51. The van der Waals surface area contributed by atoms with Gasteiger partial charge in [0.2, 0.25) is 0 Å². The lowest BCUT2D eigenvalue weighted by Gasteiger charge is -2.04. The van der Waals surface area contributed by atoms with Gasteiger partial charge in [-0.25, -0.2) is 9.78 Å². The van der Waals surface area contributed by atoms with Gasteiger partial charge in [-0.15, -0.1) is 0 Å². The third kappa shape index (κ3) is 3.40. The number of aromatic amines is 1. The maximum absolute atomic E-state index is 12.0. The van der Waals surface area contributed by atoms with Gasteiger partial charge in [-0.2, -0.15) is 0 Å². The van der Waals surface area contributed by atoms with Gasteiger partial charge in [-0.05, 0) is 24.3 Å².